The van der Waals surface area contributed by atoms with Gasteiger partial charge in [0.15, 0.2) is 0 Å². The van der Waals surface area contributed by atoms with Crippen molar-refractivity contribution >= 4 is 29.1 Å². The van der Waals surface area contributed by atoms with Gasteiger partial charge in [-0.25, -0.2) is 4.98 Å². The van der Waals surface area contributed by atoms with Crippen molar-refractivity contribution in [3.05, 3.63) is 58.9 Å². The predicted octanol–water partition coefficient (Wildman–Crippen LogP) is 3.66. The third-order valence-electron chi connectivity index (χ3n) is 4.01. The van der Waals surface area contributed by atoms with E-state index in [9.17, 15) is 9.59 Å². The molecule has 5 nitrogen and oxygen atoms in total. The van der Waals surface area contributed by atoms with Gasteiger partial charge >= 0.3 is 0 Å². The van der Waals surface area contributed by atoms with Gasteiger partial charge in [0.1, 0.15) is 11.4 Å². The van der Waals surface area contributed by atoms with Gasteiger partial charge in [0, 0.05) is 16.8 Å². The van der Waals surface area contributed by atoms with Crippen molar-refractivity contribution in [1.29, 1.82) is 0 Å². The molecule has 0 saturated heterocycles. The largest absolute Gasteiger partial charge is 0.348 e. The van der Waals surface area contributed by atoms with E-state index in [0.717, 1.165) is 25.7 Å². The van der Waals surface area contributed by atoms with Crippen LogP contribution in [0.1, 0.15) is 46.7 Å². The van der Waals surface area contributed by atoms with Crippen LogP contribution in [-0.4, -0.2) is 22.8 Å². The van der Waals surface area contributed by atoms with E-state index in [-0.39, 0.29) is 29.2 Å². The fourth-order valence-electron chi connectivity index (χ4n) is 2.75. The van der Waals surface area contributed by atoms with Crippen molar-refractivity contribution in [3.63, 3.8) is 0 Å². The summed E-state index contributed by atoms with van der Waals surface area (Å²) in [5.74, 6) is -0.601. The van der Waals surface area contributed by atoms with E-state index >= 15 is 0 Å². The van der Waals surface area contributed by atoms with Crippen LogP contribution in [0.5, 0.6) is 0 Å². The van der Waals surface area contributed by atoms with Crippen molar-refractivity contribution in [2.24, 2.45) is 0 Å². The van der Waals surface area contributed by atoms with E-state index in [1.54, 1.807) is 42.5 Å². The lowest BCUT2D eigenvalue weighted by Gasteiger charge is -2.12. The van der Waals surface area contributed by atoms with Crippen molar-refractivity contribution < 1.29 is 9.59 Å². The number of nitrogens with zero attached hydrogens (tertiary/aromatic N) is 1. The Bertz CT molecular complexity index is 740. The lowest BCUT2D eigenvalue weighted by atomic mass is 10.2. The number of halogens is 1. The summed E-state index contributed by atoms with van der Waals surface area (Å²) in [4.78, 5) is 28.7. The lowest BCUT2D eigenvalue weighted by Crippen LogP contribution is -2.33. The van der Waals surface area contributed by atoms with Crippen molar-refractivity contribution in [2.45, 2.75) is 31.7 Å². The van der Waals surface area contributed by atoms with Gasteiger partial charge in [-0.05, 0) is 49.2 Å². The summed E-state index contributed by atoms with van der Waals surface area (Å²) in [6, 6.07) is 11.9. The summed E-state index contributed by atoms with van der Waals surface area (Å²) in [6.45, 7) is 0. The molecule has 0 bridgehead atoms. The summed E-state index contributed by atoms with van der Waals surface area (Å²) in [5.41, 5.74) is 1.07. The fourth-order valence-corrected chi connectivity index (χ4v) is 2.87. The molecule has 24 heavy (non-hydrogen) atoms. The molecule has 1 aliphatic carbocycles. The topological polar surface area (TPSA) is 71.1 Å². The number of benzene rings is 1. The quantitative estimate of drug-likeness (QED) is 0.890. The summed E-state index contributed by atoms with van der Waals surface area (Å²) >= 11 is 5.82. The fraction of sp³-hybridized carbons (Fsp3) is 0.278. The molecular formula is C18H18ClN3O2. The first kappa shape index (κ1) is 16.5. The second-order valence-corrected chi connectivity index (χ2v) is 6.26. The molecule has 0 atom stereocenters. The van der Waals surface area contributed by atoms with Crippen LogP contribution >= 0.6 is 11.6 Å². The van der Waals surface area contributed by atoms with Gasteiger partial charge in [-0.3, -0.25) is 9.59 Å². The smallest absolute Gasteiger partial charge is 0.274 e. The Morgan fingerprint density at radius 3 is 2.25 bits per heavy atom. The van der Waals surface area contributed by atoms with Crippen LogP contribution in [0.4, 0.5) is 5.69 Å². The molecule has 0 unspecified atom stereocenters. The maximum Gasteiger partial charge on any atom is 0.274 e. The second kappa shape index (κ2) is 7.45. The van der Waals surface area contributed by atoms with Gasteiger partial charge < -0.3 is 10.6 Å². The molecule has 0 radical (unpaired) electrons. The Hall–Kier alpha value is -2.40. The standard InChI is InChI=1S/C18H18ClN3O2/c19-12-8-10-14(11-9-12)21-18(24)16-7-3-6-15(22-16)17(23)20-13-4-1-2-5-13/h3,6-11,13H,1-2,4-5H2,(H,20,23)(H,21,24). The summed E-state index contributed by atoms with van der Waals surface area (Å²) < 4.78 is 0. The highest BCUT2D eigenvalue weighted by Crippen LogP contribution is 2.18. The van der Waals surface area contributed by atoms with Gasteiger partial charge in [0.05, 0.1) is 0 Å². The van der Waals surface area contributed by atoms with Gasteiger partial charge in [-0.15, -0.1) is 0 Å². The SMILES string of the molecule is O=C(Nc1ccc(Cl)cc1)c1cccc(C(=O)NC2CCCC2)n1. The summed E-state index contributed by atoms with van der Waals surface area (Å²) in [7, 11) is 0. The Labute approximate surface area is 145 Å². The van der Waals surface area contributed by atoms with Crippen LogP contribution in [-0.2, 0) is 0 Å². The van der Waals surface area contributed by atoms with Crippen LogP contribution in [0.2, 0.25) is 5.02 Å². The lowest BCUT2D eigenvalue weighted by molar-refractivity contribution is 0.0932. The van der Waals surface area contributed by atoms with E-state index in [4.69, 9.17) is 11.6 Å². The maximum absolute atomic E-state index is 12.3. The molecule has 124 valence electrons. The van der Waals surface area contributed by atoms with Gasteiger partial charge in [0.25, 0.3) is 11.8 Å². The zero-order valence-electron chi connectivity index (χ0n) is 13.1. The Morgan fingerprint density at radius 1 is 0.958 bits per heavy atom. The minimum atomic E-state index is -0.368. The van der Waals surface area contributed by atoms with Crippen molar-refractivity contribution in [2.75, 3.05) is 5.32 Å². The maximum atomic E-state index is 12.3. The average molecular weight is 344 g/mol. The third-order valence-corrected chi connectivity index (χ3v) is 4.26. The Morgan fingerprint density at radius 2 is 1.58 bits per heavy atom. The van der Waals surface area contributed by atoms with E-state index in [1.807, 2.05) is 0 Å². The van der Waals surface area contributed by atoms with Crippen LogP contribution in [0.25, 0.3) is 0 Å². The van der Waals surface area contributed by atoms with Crippen LogP contribution in [0, 0.1) is 0 Å². The van der Waals surface area contributed by atoms with Gasteiger partial charge in [0.2, 0.25) is 0 Å². The highest BCUT2D eigenvalue weighted by molar-refractivity contribution is 6.30. The Balaban J connectivity index is 1.68. The molecule has 0 spiro atoms. The molecule has 6 heteroatoms. The number of pyridine rings is 1. The highest BCUT2D eigenvalue weighted by atomic mass is 35.5. The molecule has 1 aromatic carbocycles. The van der Waals surface area contributed by atoms with Crippen molar-refractivity contribution in [3.8, 4) is 0 Å². The number of aromatic nitrogens is 1. The Kier molecular flexibility index (Phi) is 5.11. The highest BCUT2D eigenvalue weighted by Gasteiger charge is 2.19. The number of anilines is 1. The number of amides is 2. The first-order valence-electron chi connectivity index (χ1n) is 7.96. The molecule has 3 rings (SSSR count). The van der Waals surface area contributed by atoms with E-state index in [1.165, 1.54) is 0 Å². The predicted molar refractivity (Wildman–Crippen MR) is 93.4 cm³/mol. The van der Waals surface area contributed by atoms with E-state index in [2.05, 4.69) is 15.6 Å². The normalized spacial score (nSPS) is 14.4. The monoisotopic (exact) mass is 343 g/mol. The third kappa shape index (κ3) is 4.11. The van der Waals surface area contributed by atoms with Crippen LogP contribution in [0.15, 0.2) is 42.5 Å². The molecule has 2 amide bonds. The minimum Gasteiger partial charge on any atom is -0.348 e. The first-order valence-corrected chi connectivity index (χ1v) is 8.34. The molecule has 1 aromatic heterocycles. The number of carbonyl (C=O) groups is 2. The molecule has 0 aliphatic heterocycles. The van der Waals surface area contributed by atoms with Gasteiger partial charge in [-0.2, -0.15) is 0 Å². The summed E-state index contributed by atoms with van der Waals surface area (Å²) in [5, 5.41) is 6.30. The number of carbonyl (C=O) groups excluding carboxylic acids is 2. The van der Waals surface area contributed by atoms with E-state index in [0.29, 0.717) is 10.7 Å². The number of rotatable bonds is 4. The molecule has 1 heterocycles. The number of hydrogen-bond acceptors (Lipinski definition) is 3. The second-order valence-electron chi connectivity index (χ2n) is 5.82. The molecule has 1 fully saturated rings. The molecular weight excluding hydrogens is 326 g/mol. The van der Waals surface area contributed by atoms with Gasteiger partial charge in [-0.1, -0.05) is 30.5 Å². The zero-order valence-corrected chi connectivity index (χ0v) is 13.8. The minimum absolute atomic E-state index is 0.198. The zero-order chi connectivity index (χ0) is 16.9. The van der Waals surface area contributed by atoms with Crippen molar-refractivity contribution in [1.82, 2.24) is 10.3 Å². The molecule has 2 aromatic rings. The van der Waals surface area contributed by atoms with Crippen LogP contribution in [0.3, 0.4) is 0 Å². The average Bonchev–Trinajstić information content (AvgIpc) is 3.10. The van der Waals surface area contributed by atoms with Crippen LogP contribution < -0.4 is 10.6 Å². The van der Waals surface area contributed by atoms with E-state index < -0.39 is 0 Å². The number of nitrogens with one attached hydrogen (secondary N) is 2. The first-order chi connectivity index (χ1) is 11.6. The summed E-state index contributed by atoms with van der Waals surface area (Å²) in [6.07, 6.45) is 4.29. The number of hydrogen-bond donors (Lipinski definition) is 2. The molecule has 1 aliphatic rings. The molecule has 1 saturated carbocycles. The molecule has 2 N–H and O–H groups in total.